The molecule has 0 amide bonds. The molecule has 1 N–H and O–H groups in total. The lowest BCUT2D eigenvalue weighted by molar-refractivity contribution is 1.21. The average Bonchev–Trinajstić information content (AvgIpc) is 3.81. The second-order valence-electron chi connectivity index (χ2n) is 14.2. The van der Waals surface area contributed by atoms with Crippen LogP contribution in [0.3, 0.4) is 0 Å². The van der Waals surface area contributed by atoms with Crippen LogP contribution in [0.2, 0.25) is 0 Å². The Hall–Kier alpha value is -6.52. The molecule has 0 spiro atoms. The van der Waals surface area contributed by atoms with Crippen molar-refractivity contribution in [3.05, 3.63) is 157 Å². The minimum atomic E-state index is 0.856. The van der Waals surface area contributed by atoms with Crippen molar-refractivity contribution in [3.63, 3.8) is 0 Å². The Bertz CT molecular complexity index is 3270. The van der Waals surface area contributed by atoms with E-state index >= 15 is 0 Å². The lowest BCUT2D eigenvalue weighted by Crippen LogP contribution is -2.37. The minimum Gasteiger partial charge on any atom is -0.355 e. The molecule has 0 fully saturated rings. The lowest BCUT2D eigenvalue weighted by Gasteiger charge is -2.27. The summed E-state index contributed by atoms with van der Waals surface area (Å²) in [5.41, 5.74) is 16.4. The minimum absolute atomic E-state index is 0.856. The van der Waals surface area contributed by atoms with Gasteiger partial charge in [-0.05, 0) is 65.3 Å². The van der Waals surface area contributed by atoms with E-state index in [1.807, 2.05) is 0 Å². The van der Waals surface area contributed by atoms with Crippen molar-refractivity contribution in [1.29, 1.82) is 0 Å². The summed E-state index contributed by atoms with van der Waals surface area (Å²) in [5.74, 6) is 0. The summed E-state index contributed by atoms with van der Waals surface area (Å²) in [6.07, 6.45) is 0. The zero-order valence-corrected chi connectivity index (χ0v) is 28.0. The first-order chi connectivity index (χ1) is 25.2. The van der Waals surface area contributed by atoms with Gasteiger partial charge in [0.2, 0.25) is 0 Å². The van der Waals surface area contributed by atoms with E-state index in [0.29, 0.717) is 0 Å². The summed E-state index contributed by atoms with van der Waals surface area (Å²) >= 11 is 0. The van der Waals surface area contributed by atoms with Crippen molar-refractivity contribution in [2.75, 3.05) is 5.32 Å². The van der Waals surface area contributed by atoms with Gasteiger partial charge in [-0.3, -0.25) is 0 Å². The number of para-hydroxylation sites is 5. The number of anilines is 2. The van der Waals surface area contributed by atoms with Crippen molar-refractivity contribution >= 4 is 100 Å². The molecule has 0 aliphatic carbocycles. The molecular formula is C47H30BN3. The van der Waals surface area contributed by atoms with Crippen molar-refractivity contribution in [2.45, 2.75) is 6.92 Å². The van der Waals surface area contributed by atoms with E-state index in [1.165, 1.54) is 104 Å². The third-order valence-electron chi connectivity index (χ3n) is 11.6. The summed E-state index contributed by atoms with van der Waals surface area (Å²) < 4.78 is 5.07. The largest absolute Gasteiger partial charge is 0.355 e. The fraction of sp³-hybridized carbons (Fsp3) is 0.0213. The van der Waals surface area contributed by atoms with Gasteiger partial charge >= 0.3 is 0 Å². The molecular weight excluding hydrogens is 617 g/mol. The maximum absolute atomic E-state index is 4.02. The van der Waals surface area contributed by atoms with Gasteiger partial charge < -0.3 is 14.3 Å². The SMILES string of the molecule is Cc1ccccc1Nc1cc2c3ccccc3n3c4ccccc4c(c1-c1cc4ccccc4c4c1Bc1cccc5c6ccccc6n-4c15)c23. The Kier molecular flexibility index (Phi) is 5.25. The van der Waals surface area contributed by atoms with E-state index in [1.54, 1.807) is 0 Å². The molecule has 236 valence electrons. The Morgan fingerprint density at radius 1 is 0.510 bits per heavy atom. The van der Waals surface area contributed by atoms with Crippen LogP contribution in [0.5, 0.6) is 0 Å². The topological polar surface area (TPSA) is 21.4 Å². The smallest absolute Gasteiger partial charge is 0.198 e. The second kappa shape index (κ2) is 9.80. The standard InChI is InChI=1S/C47H30BN3/c1-27-13-2-8-21-37(27)49-38-26-34-31-17-6-9-22-39(31)50-41-24-11-7-18-33(41)43(46(34)50)42(38)35-25-28-14-3-4-15-29(28)47-44(35)48-36-20-12-19-32-30-16-5-10-23-40(30)51(47)45(32)36/h2-26,48-49H,1H3. The number of aryl methyl sites for hydroxylation is 1. The maximum Gasteiger partial charge on any atom is 0.198 e. The number of nitrogens with one attached hydrogen (secondary N) is 1. The first-order valence-electron chi connectivity index (χ1n) is 17.8. The number of aromatic nitrogens is 2. The van der Waals surface area contributed by atoms with Crippen LogP contribution < -0.4 is 16.2 Å². The molecule has 0 unspecified atom stereocenters. The molecule has 1 aliphatic rings. The number of hydrogen-bond acceptors (Lipinski definition) is 1. The molecule has 3 aromatic heterocycles. The van der Waals surface area contributed by atoms with Crippen LogP contribution >= 0.6 is 0 Å². The quantitative estimate of drug-likeness (QED) is 0.189. The van der Waals surface area contributed by atoms with Crippen molar-refractivity contribution in [2.24, 2.45) is 0 Å². The highest BCUT2D eigenvalue weighted by Gasteiger charge is 2.30. The highest BCUT2D eigenvalue weighted by atomic mass is 15.0. The zero-order valence-electron chi connectivity index (χ0n) is 28.0. The zero-order chi connectivity index (χ0) is 33.4. The van der Waals surface area contributed by atoms with Crippen molar-refractivity contribution in [3.8, 4) is 16.8 Å². The van der Waals surface area contributed by atoms with Crippen LogP contribution in [0.4, 0.5) is 11.4 Å². The van der Waals surface area contributed by atoms with Gasteiger partial charge in [0.25, 0.3) is 0 Å². The Morgan fingerprint density at radius 3 is 1.98 bits per heavy atom. The highest BCUT2D eigenvalue weighted by Crippen LogP contribution is 2.49. The van der Waals surface area contributed by atoms with Crippen LogP contribution in [0.25, 0.3) is 87.5 Å². The van der Waals surface area contributed by atoms with Crippen LogP contribution in [0.15, 0.2) is 152 Å². The molecule has 0 radical (unpaired) electrons. The second-order valence-corrected chi connectivity index (χ2v) is 14.2. The molecule has 0 saturated carbocycles. The van der Waals surface area contributed by atoms with E-state index in [0.717, 1.165) is 18.7 Å². The van der Waals surface area contributed by atoms with E-state index in [4.69, 9.17) is 0 Å². The van der Waals surface area contributed by atoms with Gasteiger partial charge in [-0.1, -0.05) is 121 Å². The number of fused-ring (bicyclic) bond motifs is 13. The molecule has 0 saturated heterocycles. The van der Waals surface area contributed by atoms with E-state index in [9.17, 15) is 0 Å². The molecule has 0 bridgehead atoms. The molecule has 51 heavy (non-hydrogen) atoms. The summed E-state index contributed by atoms with van der Waals surface area (Å²) in [4.78, 5) is 0. The van der Waals surface area contributed by atoms with Crippen LogP contribution in [0, 0.1) is 6.92 Å². The summed E-state index contributed by atoms with van der Waals surface area (Å²) in [7, 11) is 0.856. The number of hydrogen-bond donors (Lipinski definition) is 1. The summed E-state index contributed by atoms with van der Waals surface area (Å²) in [5, 5.41) is 14.3. The van der Waals surface area contributed by atoms with Gasteiger partial charge in [-0.15, -0.1) is 0 Å². The van der Waals surface area contributed by atoms with Gasteiger partial charge in [0.15, 0.2) is 7.28 Å². The van der Waals surface area contributed by atoms with Gasteiger partial charge in [-0.2, -0.15) is 0 Å². The number of rotatable bonds is 3. The van der Waals surface area contributed by atoms with Gasteiger partial charge in [-0.25, -0.2) is 0 Å². The number of benzene rings is 8. The van der Waals surface area contributed by atoms with Crippen LogP contribution in [0.1, 0.15) is 5.56 Å². The van der Waals surface area contributed by atoms with Gasteiger partial charge in [0.05, 0.1) is 22.1 Å². The predicted octanol–water partition coefficient (Wildman–Crippen LogP) is 10.5. The highest BCUT2D eigenvalue weighted by molar-refractivity contribution is 6.74. The number of nitrogens with zero attached hydrogens (tertiary/aromatic N) is 2. The maximum atomic E-state index is 4.02. The Labute approximate surface area is 294 Å². The summed E-state index contributed by atoms with van der Waals surface area (Å²) in [6, 6.07) is 56.2. The molecule has 4 heteroatoms. The third kappa shape index (κ3) is 3.49. The van der Waals surface area contributed by atoms with Gasteiger partial charge in [0, 0.05) is 65.8 Å². The normalized spacial score (nSPS) is 12.6. The van der Waals surface area contributed by atoms with E-state index in [-0.39, 0.29) is 0 Å². The molecule has 8 aromatic carbocycles. The van der Waals surface area contributed by atoms with Crippen molar-refractivity contribution in [1.82, 2.24) is 8.97 Å². The fourth-order valence-corrected chi connectivity index (χ4v) is 9.44. The first-order valence-corrected chi connectivity index (χ1v) is 17.8. The molecule has 4 heterocycles. The van der Waals surface area contributed by atoms with Gasteiger partial charge in [0.1, 0.15) is 0 Å². The Morgan fingerprint density at radius 2 is 1.16 bits per heavy atom. The fourth-order valence-electron chi connectivity index (χ4n) is 9.44. The first kappa shape index (κ1) is 27.3. The molecule has 1 aliphatic heterocycles. The van der Waals surface area contributed by atoms with E-state index in [2.05, 4.69) is 173 Å². The van der Waals surface area contributed by atoms with Crippen molar-refractivity contribution < 1.29 is 0 Å². The monoisotopic (exact) mass is 647 g/mol. The van der Waals surface area contributed by atoms with Crippen LogP contribution in [-0.2, 0) is 0 Å². The lowest BCUT2D eigenvalue weighted by atomic mass is 9.58. The third-order valence-corrected chi connectivity index (χ3v) is 11.6. The Balaban J connectivity index is 1.31. The summed E-state index contributed by atoms with van der Waals surface area (Å²) in [6.45, 7) is 2.19. The molecule has 0 atom stereocenters. The molecule has 12 rings (SSSR count). The predicted molar refractivity (Wildman–Crippen MR) is 219 cm³/mol. The average molecular weight is 648 g/mol. The molecule has 3 nitrogen and oxygen atoms in total. The van der Waals surface area contributed by atoms with E-state index < -0.39 is 0 Å². The molecule has 11 aromatic rings. The van der Waals surface area contributed by atoms with Crippen LogP contribution in [-0.4, -0.2) is 16.2 Å².